The van der Waals surface area contributed by atoms with Gasteiger partial charge < -0.3 is 0 Å². The van der Waals surface area contributed by atoms with Gasteiger partial charge in [0.25, 0.3) is 0 Å². The summed E-state index contributed by atoms with van der Waals surface area (Å²) in [6.45, 7) is 0. The Balaban J connectivity index is 2.05. The summed E-state index contributed by atoms with van der Waals surface area (Å²) in [5.74, 6) is 3.18. The average Bonchev–Trinajstić information content (AvgIpc) is 2.57. The van der Waals surface area contributed by atoms with Gasteiger partial charge in [-0.2, -0.15) is 0 Å². The second-order valence-electron chi connectivity index (χ2n) is 4.51. The normalized spacial score (nSPS) is 12.2. The molecule has 22 heavy (non-hydrogen) atoms. The van der Waals surface area contributed by atoms with E-state index < -0.39 is 0 Å². The second kappa shape index (κ2) is 6.43. The zero-order valence-corrected chi connectivity index (χ0v) is 16.2. The van der Waals surface area contributed by atoms with E-state index in [9.17, 15) is 0 Å². The summed E-state index contributed by atoms with van der Waals surface area (Å²) in [5, 5.41) is 0. The predicted octanol–water partition coefficient (Wildman–Crippen LogP) is -0.656. The van der Waals surface area contributed by atoms with E-state index in [1.807, 2.05) is 0 Å². The molecule has 0 saturated carbocycles. The van der Waals surface area contributed by atoms with Crippen LogP contribution in [0.3, 0.4) is 0 Å². The zero-order chi connectivity index (χ0) is 15.7. The number of hydrogen-bond acceptors (Lipinski definition) is 4. The van der Waals surface area contributed by atoms with Gasteiger partial charge in [0.2, 0.25) is 0 Å². The van der Waals surface area contributed by atoms with E-state index in [1.54, 1.807) is 28.4 Å². The molecule has 1 heterocycles. The molecule has 0 radical (unpaired) electrons. The molecule has 116 valence electrons. The number of ether oxygens (including phenoxy) is 4. The fraction of sp³-hybridized carbons (Fsp3) is 0.250. The quantitative estimate of drug-likeness (QED) is 0.516. The van der Waals surface area contributed by atoms with Gasteiger partial charge in [0, 0.05) is 0 Å². The summed E-state index contributed by atoms with van der Waals surface area (Å²) in [5.41, 5.74) is 0. The number of methoxy groups -OCH3 is 4. The molecular formula is C16H16O4Se2. The van der Waals surface area contributed by atoms with Crippen LogP contribution >= 0.6 is 0 Å². The Morgan fingerprint density at radius 2 is 0.727 bits per heavy atom. The van der Waals surface area contributed by atoms with Crippen molar-refractivity contribution in [2.75, 3.05) is 28.4 Å². The first-order valence-electron chi connectivity index (χ1n) is 6.58. The van der Waals surface area contributed by atoms with E-state index in [0.717, 1.165) is 23.0 Å². The molecule has 0 bridgehead atoms. The first kappa shape index (κ1) is 15.6. The van der Waals surface area contributed by atoms with Crippen molar-refractivity contribution in [3.63, 3.8) is 0 Å². The van der Waals surface area contributed by atoms with Crippen LogP contribution in [0.5, 0.6) is 23.0 Å². The molecule has 0 spiro atoms. The van der Waals surface area contributed by atoms with Crippen LogP contribution in [-0.4, -0.2) is 58.4 Å². The van der Waals surface area contributed by atoms with Crippen molar-refractivity contribution < 1.29 is 18.9 Å². The molecule has 0 amide bonds. The molecule has 0 aromatic heterocycles. The maximum atomic E-state index is 5.42. The molecule has 0 N–H and O–H groups in total. The molecule has 2 aromatic rings. The number of fused-ring (bicyclic) bond motifs is 2. The first-order valence-corrected chi connectivity index (χ1v) is 10.0. The molecule has 4 nitrogen and oxygen atoms in total. The molecule has 0 fully saturated rings. The predicted molar refractivity (Wildman–Crippen MR) is 89.1 cm³/mol. The molecule has 0 aliphatic carbocycles. The third kappa shape index (κ3) is 2.68. The molecule has 0 saturated heterocycles. The van der Waals surface area contributed by atoms with E-state index >= 15 is 0 Å². The van der Waals surface area contributed by atoms with Crippen molar-refractivity contribution in [2.45, 2.75) is 0 Å². The Bertz CT molecular complexity index is 596. The number of benzene rings is 2. The van der Waals surface area contributed by atoms with Crippen LogP contribution in [-0.2, 0) is 0 Å². The average molecular weight is 430 g/mol. The monoisotopic (exact) mass is 432 g/mol. The van der Waals surface area contributed by atoms with Gasteiger partial charge in [0.05, 0.1) is 0 Å². The third-order valence-electron chi connectivity index (χ3n) is 3.34. The summed E-state index contributed by atoms with van der Waals surface area (Å²) in [6.07, 6.45) is 0. The summed E-state index contributed by atoms with van der Waals surface area (Å²) in [7, 11) is 6.69. The van der Waals surface area contributed by atoms with Crippen LogP contribution in [0.4, 0.5) is 0 Å². The van der Waals surface area contributed by atoms with Crippen molar-refractivity contribution in [2.24, 2.45) is 0 Å². The van der Waals surface area contributed by atoms with Crippen LogP contribution in [0, 0.1) is 0 Å². The molecule has 0 unspecified atom stereocenters. The fourth-order valence-corrected chi connectivity index (χ4v) is 7.78. The third-order valence-corrected chi connectivity index (χ3v) is 9.33. The van der Waals surface area contributed by atoms with Gasteiger partial charge >= 0.3 is 142 Å². The van der Waals surface area contributed by atoms with Gasteiger partial charge in [-0.05, 0) is 0 Å². The SMILES string of the molecule is COc1cc2c(cc1OC)[Se]c1cc(OC)c(OC)cc1[Se]2. The minimum absolute atomic E-state index is 0.226. The molecule has 1 aliphatic heterocycles. The van der Waals surface area contributed by atoms with Crippen molar-refractivity contribution in [1.82, 2.24) is 0 Å². The van der Waals surface area contributed by atoms with Crippen LogP contribution in [0.1, 0.15) is 0 Å². The Morgan fingerprint density at radius 3 is 0.909 bits per heavy atom. The van der Waals surface area contributed by atoms with Gasteiger partial charge in [-0.25, -0.2) is 0 Å². The van der Waals surface area contributed by atoms with E-state index in [1.165, 1.54) is 17.8 Å². The van der Waals surface area contributed by atoms with Gasteiger partial charge in [-0.3, -0.25) is 0 Å². The fourth-order valence-electron chi connectivity index (χ4n) is 2.24. The summed E-state index contributed by atoms with van der Waals surface area (Å²) in [6, 6.07) is 8.43. The molecule has 3 rings (SSSR count). The standard InChI is InChI=1S/C16H16O4Se2/c1-17-9-5-13-14(6-10(9)18-2)22-16-8-12(20-4)11(19-3)7-15(16)21-13/h5-8H,1-4H3. The Labute approximate surface area is 142 Å². The van der Waals surface area contributed by atoms with E-state index in [-0.39, 0.29) is 29.9 Å². The molecular weight excluding hydrogens is 414 g/mol. The van der Waals surface area contributed by atoms with Crippen molar-refractivity contribution in [3.05, 3.63) is 24.3 Å². The number of rotatable bonds is 4. The van der Waals surface area contributed by atoms with Gasteiger partial charge in [0.15, 0.2) is 0 Å². The molecule has 2 aromatic carbocycles. The molecule has 6 heteroatoms. The molecule has 1 aliphatic rings. The molecule has 0 atom stereocenters. The summed E-state index contributed by atoms with van der Waals surface area (Å²) in [4.78, 5) is 0. The second-order valence-corrected chi connectivity index (χ2v) is 9.06. The van der Waals surface area contributed by atoms with Crippen LogP contribution < -0.4 is 36.8 Å². The van der Waals surface area contributed by atoms with Crippen LogP contribution in [0.2, 0.25) is 0 Å². The van der Waals surface area contributed by atoms with Crippen LogP contribution in [0.25, 0.3) is 0 Å². The van der Waals surface area contributed by atoms with Crippen molar-refractivity contribution >= 4 is 47.8 Å². The topological polar surface area (TPSA) is 36.9 Å². The van der Waals surface area contributed by atoms with Crippen molar-refractivity contribution in [1.29, 1.82) is 0 Å². The number of hydrogen-bond donors (Lipinski definition) is 0. The Kier molecular flexibility index (Phi) is 4.55. The Hall–Kier alpha value is -1.32. The van der Waals surface area contributed by atoms with Gasteiger partial charge in [0.1, 0.15) is 0 Å². The first-order chi connectivity index (χ1) is 10.7. The van der Waals surface area contributed by atoms with E-state index in [4.69, 9.17) is 18.9 Å². The minimum atomic E-state index is 0.226. The summed E-state index contributed by atoms with van der Waals surface area (Å²) < 4.78 is 27.1. The Morgan fingerprint density at radius 1 is 0.500 bits per heavy atom. The summed E-state index contributed by atoms with van der Waals surface area (Å²) >= 11 is 0.452. The van der Waals surface area contributed by atoms with Gasteiger partial charge in [-0.1, -0.05) is 0 Å². The zero-order valence-electron chi connectivity index (χ0n) is 12.8. The van der Waals surface area contributed by atoms with Gasteiger partial charge in [-0.15, -0.1) is 0 Å². The van der Waals surface area contributed by atoms with Crippen LogP contribution in [0.15, 0.2) is 24.3 Å². The maximum absolute atomic E-state index is 5.42. The van der Waals surface area contributed by atoms with Crippen molar-refractivity contribution in [3.8, 4) is 23.0 Å². The van der Waals surface area contributed by atoms with E-state index in [2.05, 4.69) is 24.3 Å². The van der Waals surface area contributed by atoms with E-state index in [0.29, 0.717) is 0 Å².